The number of amides is 1. The van der Waals surface area contributed by atoms with Crippen molar-refractivity contribution in [1.29, 1.82) is 0 Å². The van der Waals surface area contributed by atoms with E-state index in [0.29, 0.717) is 24.7 Å². The minimum atomic E-state index is -1.18. The van der Waals surface area contributed by atoms with E-state index in [9.17, 15) is 14.7 Å². The van der Waals surface area contributed by atoms with E-state index in [-0.39, 0.29) is 23.5 Å². The van der Waals surface area contributed by atoms with E-state index < -0.39 is 5.97 Å². The first-order valence-electron chi connectivity index (χ1n) is 6.08. The third-order valence-electron chi connectivity index (χ3n) is 2.55. The number of thioether (sulfide) groups is 1. The lowest BCUT2D eigenvalue weighted by Gasteiger charge is -2.26. The Hall–Kier alpha value is -1.89. The predicted molar refractivity (Wildman–Crippen MR) is 71.7 cm³/mol. The third-order valence-corrected chi connectivity index (χ3v) is 3.45. The van der Waals surface area contributed by atoms with Crippen LogP contribution in [0, 0.1) is 0 Å². The van der Waals surface area contributed by atoms with Gasteiger partial charge in [0, 0.05) is 5.75 Å². The molecule has 0 fully saturated rings. The van der Waals surface area contributed by atoms with Crippen molar-refractivity contribution in [2.75, 3.05) is 24.7 Å². The lowest BCUT2D eigenvalue weighted by atomic mass is 10.2. The molecule has 0 bridgehead atoms. The molecule has 1 amide bonds. The van der Waals surface area contributed by atoms with Gasteiger partial charge in [-0.25, -0.2) is 0 Å². The van der Waals surface area contributed by atoms with Gasteiger partial charge < -0.3 is 24.7 Å². The Labute approximate surface area is 120 Å². The lowest BCUT2D eigenvalue weighted by molar-refractivity contribution is -0.301. The Morgan fingerprint density at radius 2 is 2.05 bits per heavy atom. The highest BCUT2D eigenvalue weighted by atomic mass is 32.2. The van der Waals surface area contributed by atoms with Crippen LogP contribution in [0.25, 0.3) is 0 Å². The van der Waals surface area contributed by atoms with Gasteiger partial charge in [-0.1, -0.05) is 12.1 Å². The summed E-state index contributed by atoms with van der Waals surface area (Å²) in [6, 6.07) is 7.33. The van der Waals surface area contributed by atoms with Crippen LogP contribution in [0.2, 0.25) is 0 Å². The summed E-state index contributed by atoms with van der Waals surface area (Å²) in [5, 5.41) is 12.9. The number of rotatable bonds is 6. The van der Waals surface area contributed by atoms with E-state index in [1.807, 2.05) is 18.2 Å². The Morgan fingerprint density at radius 1 is 1.30 bits per heavy atom. The first-order valence-corrected chi connectivity index (χ1v) is 7.23. The summed E-state index contributed by atoms with van der Waals surface area (Å²) in [5.74, 6) is -0.173. The van der Waals surface area contributed by atoms with Crippen molar-refractivity contribution in [3.8, 4) is 11.5 Å². The zero-order valence-electron chi connectivity index (χ0n) is 10.7. The van der Waals surface area contributed by atoms with E-state index in [4.69, 9.17) is 9.47 Å². The van der Waals surface area contributed by atoms with Gasteiger partial charge in [0.2, 0.25) is 5.91 Å². The summed E-state index contributed by atoms with van der Waals surface area (Å²) in [6.45, 7) is 0.683. The monoisotopic (exact) mass is 296 g/mol. The third kappa shape index (κ3) is 4.34. The molecule has 0 aliphatic carbocycles. The van der Waals surface area contributed by atoms with E-state index in [0.717, 1.165) is 11.8 Å². The van der Waals surface area contributed by atoms with E-state index >= 15 is 0 Å². The molecule has 1 aromatic carbocycles. The molecule has 1 atom stereocenters. The minimum absolute atomic E-state index is 0.0815. The minimum Gasteiger partial charge on any atom is -0.549 e. The van der Waals surface area contributed by atoms with Gasteiger partial charge in [-0.15, -0.1) is 11.8 Å². The molecular formula is C13H14NO5S-. The van der Waals surface area contributed by atoms with Crippen LogP contribution in [-0.2, 0) is 9.59 Å². The second-order valence-corrected chi connectivity index (χ2v) is 5.15. The molecule has 1 N–H and O–H groups in total. The van der Waals surface area contributed by atoms with Gasteiger partial charge in [-0.3, -0.25) is 4.79 Å². The number of carboxylic acids is 1. The van der Waals surface area contributed by atoms with Crippen molar-refractivity contribution in [3.63, 3.8) is 0 Å². The van der Waals surface area contributed by atoms with Gasteiger partial charge in [-0.2, -0.15) is 0 Å². The first-order chi connectivity index (χ1) is 9.65. The molecule has 1 aromatic rings. The number of fused-ring (bicyclic) bond motifs is 1. The summed E-state index contributed by atoms with van der Waals surface area (Å²) < 4.78 is 11.2. The summed E-state index contributed by atoms with van der Waals surface area (Å²) in [7, 11) is 0. The number of carbonyl (C=O) groups is 2. The molecule has 0 saturated carbocycles. The van der Waals surface area contributed by atoms with Crippen LogP contribution in [0.1, 0.15) is 0 Å². The van der Waals surface area contributed by atoms with Crippen LogP contribution in [0.15, 0.2) is 24.3 Å². The average Bonchev–Trinajstić information content (AvgIpc) is 2.44. The fourth-order valence-corrected chi connectivity index (χ4v) is 2.23. The molecule has 6 nitrogen and oxygen atoms in total. The fourth-order valence-electron chi connectivity index (χ4n) is 1.67. The highest BCUT2D eigenvalue weighted by Crippen LogP contribution is 2.30. The topological polar surface area (TPSA) is 87.7 Å². The smallest absolute Gasteiger partial charge is 0.230 e. The number of hydrogen-bond donors (Lipinski definition) is 1. The Morgan fingerprint density at radius 3 is 2.80 bits per heavy atom. The maximum Gasteiger partial charge on any atom is 0.230 e. The second kappa shape index (κ2) is 7.04. The van der Waals surface area contributed by atoms with Crippen molar-refractivity contribution in [2.24, 2.45) is 0 Å². The lowest BCUT2D eigenvalue weighted by Crippen LogP contribution is -2.41. The van der Waals surface area contributed by atoms with Crippen molar-refractivity contribution in [2.45, 2.75) is 6.10 Å². The first kappa shape index (κ1) is 14.5. The van der Waals surface area contributed by atoms with Crippen LogP contribution in [0.4, 0.5) is 0 Å². The number of carbonyl (C=O) groups excluding carboxylic acids is 2. The van der Waals surface area contributed by atoms with Crippen LogP contribution >= 0.6 is 11.8 Å². The quantitative estimate of drug-likeness (QED) is 0.756. The van der Waals surface area contributed by atoms with Crippen molar-refractivity contribution in [1.82, 2.24) is 5.32 Å². The van der Waals surface area contributed by atoms with E-state index in [1.165, 1.54) is 0 Å². The zero-order valence-corrected chi connectivity index (χ0v) is 11.5. The van der Waals surface area contributed by atoms with Gasteiger partial charge in [0.25, 0.3) is 0 Å². The largest absolute Gasteiger partial charge is 0.549 e. The molecule has 1 aliphatic heterocycles. The number of para-hydroxylation sites is 2. The van der Waals surface area contributed by atoms with Crippen LogP contribution in [0.5, 0.6) is 11.5 Å². The number of ether oxygens (including phenoxy) is 2. The molecule has 0 radical (unpaired) electrons. The highest BCUT2D eigenvalue weighted by molar-refractivity contribution is 8.00. The summed E-state index contributed by atoms with van der Waals surface area (Å²) >= 11 is 0.998. The molecule has 20 heavy (non-hydrogen) atoms. The molecule has 0 spiro atoms. The molecule has 1 heterocycles. The van der Waals surface area contributed by atoms with E-state index in [1.54, 1.807) is 6.07 Å². The van der Waals surface area contributed by atoms with E-state index in [2.05, 4.69) is 5.32 Å². The van der Waals surface area contributed by atoms with Gasteiger partial charge >= 0.3 is 0 Å². The van der Waals surface area contributed by atoms with Crippen LogP contribution < -0.4 is 19.9 Å². The molecule has 0 unspecified atom stereocenters. The molecule has 7 heteroatoms. The molecule has 108 valence electrons. The number of benzene rings is 1. The van der Waals surface area contributed by atoms with Crippen molar-refractivity contribution < 1.29 is 24.2 Å². The van der Waals surface area contributed by atoms with Gasteiger partial charge in [-0.05, 0) is 12.1 Å². The number of hydrogen-bond acceptors (Lipinski definition) is 6. The molecule has 0 aromatic heterocycles. The summed E-state index contributed by atoms with van der Waals surface area (Å²) in [5.41, 5.74) is 0. The zero-order chi connectivity index (χ0) is 14.4. The highest BCUT2D eigenvalue weighted by Gasteiger charge is 2.20. The van der Waals surface area contributed by atoms with Crippen molar-refractivity contribution in [3.05, 3.63) is 24.3 Å². The molecule has 0 saturated heterocycles. The summed E-state index contributed by atoms with van der Waals surface area (Å²) in [4.78, 5) is 21.7. The maximum atomic E-state index is 11.5. The average molecular weight is 296 g/mol. The molecule has 2 rings (SSSR count). The number of carboxylic acid groups (broad SMARTS) is 1. The van der Waals surface area contributed by atoms with Crippen molar-refractivity contribution >= 4 is 23.6 Å². The fraction of sp³-hybridized carbons (Fsp3) is 0.385. The molecule has 1 aliphatic rings. The SMILES string of the molecule is O=C([O-])CSCC(=O)NC[C@@H]1COc2ccccc2O1. The Kier molecular flexibility index (Phi) is 5.11. The predicted octanol–water partition coefficient (Wildman–Crippen LogP) is -0.574. The van der Waals surface area contributed by atoms with Gasteiger partial charge in [0.05, 0.1) is 18.3 Å². The van der Waals surface area contributed by atoms with Crippen LogP contribution in [0.3, 0.4) is 0 Å². The maximum absolute atomic E-state index is 11.5. The summed E-state index contributed by atoms with van der Waals surface area (Å²) in [6.07, 6.45) is -0.250. The number of aliphatic carboxylic acids is 1. The van der Waals surface area contributed by atoms with Gasteiger partial charge in [0.15, 0.2) is 11.5 Å². The Balaban J connectivity index is 1.70. The van der Waals surface area contributed by atoms with Gasteiger partial charge in [0.1, 0.15) is 12.7 Å². The second-order valence-electron chi connectivity index (χ2n) is 4.17. The standard InChI is InChI=1S/C13H15NO5S/c15-12(7-20-8-13(16)17)14-5-9-6-18-10-3-1-2-4-11(10)19-9/h1-4,9H,5-8H2,(H,14,15)(H,16,17)/p-1/t9-/m1/s1. The van der Waals surface area contributed by atoms with Crippen LogP contribution in [-0.4, -0.2) is 42.6 Å². The number of nitrogens with one attached hydrogen (secondary N) is 1. The molecular weight excluding hydrogens is 282 g/mol. The Bertz CT molecular complexity index is 493. The normalized spacial score (nSPS) is 16.5.